The highest BCUT2D eigenvalue weighted by Gasteiger charge is 2.10. The number of methoxy groups -OCH3 is 2. The van der Waals surface area contributed by atoms with Crippen molar-refractivity contribution in [3.63, 3.8) is 0 Å². The molecule has 0 heterocycles. The number of ketones is 2. The Kier molecular flexibility index (Phi) is 9.30. The van der Waals surface area contributed by atoms with Gasteiger partial charge in [-0.15, -0.1) is 0 Å². The average molecular weight is 272 g/mol. The van der Waals surface area contributed by atoms with Gasteiger partial charge in [-0.1, -0.05) is 6.42 Å². The molecule has 19 heavy (non-hydrogen) atoms. The fourth-order valence-corrected chi connectivity index (χ4v) is 1.46. The third kappa shape index (κ3) is 9.93. The molecule has 0 aliphatic rings. The molecule has 0 aromatic carbocycles. The molecule has 0 unspecified atom stereocenters. The molecule has 0 bridgehead atoms. The van der Waals surface area contributed by atoms with E-state index in [1.807, 2.05) is 0 Å². The summed E-state index contributed by atoms with van der Waals surface area (Å²) in [5.41, 5.74) is 0. The van der Waals surface area contributed by atoms with Crippen LogP contribution in [-0.4, -0.2) is 37.7 Å². The van der Waals surface area contributed by atoms with Gasteiger partial charge in [0.2, 0.25) is 0 Å². The Balaban J connectivity index is 3.54. The maximum atomic E-state index is 11.3. The number of carbonyl (C=O) groups is 4. The van der Waals surface area contributed by atoms with Crippen molar-refractivity contribution in [2.24, 2.45) is 0 Å². The fraction of sp³-hybridized carbons (Fsp3) is 0.692. The Bertz CT molecular complexity index is 302. The summed E-state index contributed by atoms with van der Waals surface area (Å²) in [6.45, 7) is 0. The van der Waals surface area contributed by atoms with Crippen LogP contribution in [-0.2, 0) is 28.7 Å². The maximum absolute atomic E-state index is 11.3. The Morgan fingerprint density at radius 2 is 1.05 bits per heavy atom. The van der Waals surface area contributed by atoms with Crippen LogP contribution >= 0.6 is 0 Å². The lowest BCUT2D eigenvalue weighted by Gasteiger charge is -2.01. The summed E-state index contributed by atoms with van der Waals surface area (Å²) >= 11 is 0. The van der Waals surface area contributed by atoms with Gasteiger partial charge in [0.05, 0.1) is 14.2 Å². The molecule has 6 heteroatoms. The Hall–Kier alpha value is -1.72. The molecule has 0 aromatic heterocycles. The summed E-state index contributed by atoms with van der Waals surface area (Å²) in [6, 6.07) is 0. The van der Waals surface area contributed by atoms with Crippen molar-refractivity contribution in [1.29, 1.82) is 0 Å². The molecule has 0 radical (unpaired) electrons. The molecule has 6 nitrogen and oxygen atoms in total. The van der Waals surface area contributed by atoms with E-state index in [4.69, 9.17) is 0 Å². The van der Waals surface area contributed by atoms with Crippen molar-refractivity contribution in [3.8, 4) is 0 Å². The van der Waals surface area contributed by atoms with Gasteiger partial charge < -0.3 is 9.47 Å². The normalized spacial score (nSPS) is 9.79. The van der Waals surface area contributed by atoms with Crippen LogP contribution in [0, 0.1) is 0 Å². The lowest BCUT2D eigenvalue weighted by molar-refractivity contribution is -0.144. The molecule has 0 spiro atoms. The molecule has 0 aromatic rings. The molecule has 0 saturated carbocycles. The lowest BCUT2D eigenvalue weighted by Crippen LogP contribution is -2.09. The van der Waals surface area contributed by atoms with Gasteiger partial charge in [-0.25, -0.2) is 0 Å². The second-order valence-corrected chi connectivity index (χ2v) is 4.14. The summed E-state index contributed by atoms with van der Waals surface area (Å²) < 4.78 is 8.76. The number of hydrogen-bond donors (Lipinski definition) is 0. The first-order valence-electron chi connectivity index (χ1n) is 6.16. The second kappa shape index (κ2) is 10.2. The Morgan fingerprint density at radius 3 is 1.37 bits per heavy atom. The van der Waals surface area contributed by atoms with Gasteiger partial charge in [0.1, 0.15) is 24.4 Å². The highest BCUT2D eigenvalue weighted by Crippen LogP contribution is 2.07. The molecule has 0 N–H and O–H groups in total. The minimum Gasteiger partial charge on any atom is -0.469 e. The number of hydrogen-bond acceptors (Lipinski definition) is 6. The second-order valence-electron chi connectivity index (χ2n) is 4.14. The van der Waals surface area contributed by atoms with Crippen molar-refractivity contribution in [2.45, 2.75) is 44.9 Å². The van der Waals surface area contributed by atoms with Gasteiger partial charge in [0, 0.05) is 12.8 Å². The van der Waals surface area contributed by atoms with Gasteiger partial charge in [-0.2, -0.15) is 0 Å². The van der Waals surface area contributed by atoms with E-state index in [0.717, 1.165) is 0 Å². The molecule has 0 aliphatic carbocycles. The summed E-state index contributed by atoms with van der Waals surface area (Å²) in [6.07, 6.45) is 2.18. The van der Waals surface area contributed by atoms with Gasteiger partial charge in [-0.05, 0) is 12.8 Å². The smallest absolute Gasteiger partial charge is 0.313 e. The first-order chi connectivity index (χ1) is 8.99. The molecule has 0 aliphatic heterocycles. The van der Waals surface area contributed by atoms with Crippen LogP contribution in [0.1, 0.15) is 44.9 Å². The highest BCUT2D eigenvalue weighted by atomic mass is 16.5. The van der Waals surface area contributed by atoms with E-state index in [9.17, 15) is 19.2 Å². The molecule has 0 atom stereocenters. The molecule has 0 fully saturated rings. The predicted octanol–water partition coefficient (Wildman–Crippen LogP) is 1.20. The zero-order valence-corrected chi connectivity index (χ0v) is 11.4. The topological polar surface area (TPSA) is 86.7 Å². The van der Waals surface area contributed by atoms with Crippen LogP contribution < -0.4 is 0 Å². The Morgan fingerprint density at radius 1 is 0.684 bits per heavy atom. The number of ether oxygens (including phenoxy) is 2. The van der Waals surface area contributed by atoms with Gasteiger partial charge in [0.15, 0.2) is 0 Å². The van der Waals surface area contributed by atoms with Crippen LogP contribution in [0.3, 0.4) is 0 Å². The van der Waals surface area contributed by atoms with Crippen LogP contribution in [0.25, 0.3) is 0 Å². The van der Waals surface area contributed by atoms with Crippen LogP contribution in [0.4, 0.5) is 0 Å². The highest BCUT2D eigenvalue weighted by molar-refractivity contribution is 5.96. The quantitative estimate of drug-likeness (QED) is 0.337. The zero-order chi connectivity index (χ0) is 14.7. The third-order valence-corrected chi connectivity index (χ3v) is 2.55. The summed E-state index contributed by atoms with van der Waals surface area (Å²) in [7, 11) is 2.48. The predicted molar refractivity (Wildman–Crippen MR) is 66.4 cm³/mol. The summed E-state index contributed by atoms with van der Waals surface area (Å²) in [4.78, 5) is 44.1. The monoisotopic (exact) mass is 272 g/mol. The van der Waals surface area contributed by atoms with Crippen LogP contribution in [0.2, 0.25) is 0 Å². The van der Waals surface area contributed by atoms with E-state index in [-0.39, 0.29) is 24.4 Å². The van der Waals surface area contributed by atoms with Gasteiger partial charge in [0.25, 0.3) is 0 Å². The zero-order valence-electron chi connectivity index (χ0n) is 11.4. The molecular formula is C13H20O6. The third-order valence-electron chi connectivity index (χ3n) is 2.55. The van der Waals surface area contributed by atoms with E-state index in [0.29, 0.717) is 32.1 Å². The van der Waals surface area contributed by atoms with Crippen molar-refractivity contribution >= 4 is 23.5 Å². The van der Waals surface area contributed by atoms with E-state index in [2.05, 4.69) is 9.47 Å². The van der Waals surface area contributed by atoms with Gasteiger partial charge in [-0.3, -0.25) is 19.2 Å². The SMILES string of the molecule is COC(=O)CC(=O)CCCCCC(=O)CC(=O)OC. The largest absolute Gasteiger partial charge is 0.469 e. The first kappa shape index (κ1) is 17.3. The summed E-state index contributed by atoms with van der Waals surface area (Å²) in [5.74, 6) is -1.38. The lowest BCUT2D eigenvalue weighted by atomic mass is 10.1. The number of rotatable bonds is 10. The van der Waals surface area contributed by atoms with Crippen LogP contribution in [0.5, 0.6) is 0 Å². The average Bonchev–Trinajstić information content (AvgIpc) is 2.37. The molecule has 0 saturated heterocycles. The van der Waals surface area contributed by atoms with E-state index >= 15 is 0 Å². The van der Waals surface area contributed by atoms with Crippen molar-refractivity contribution in [1.82, 2.24) is 0 Å². The maximum Gasteiger partial charge on any atom is 0.313 e. The number of esters is 2. The molecule has 108 valence electrons. The fourth-order valence-electron chi connectivity index (χ4n) is 1.46. The standard InChI is InChI=1S/C13H20O6/c1-18-12(16)8-10(14)6-4-3-5-7-11(15)9-13(17)19-2/h3-9H2,1-2H3. The number of unbranched alkanes of at least 4 members (excludes halogenated alkanes) is 2. The molecule has 0 amide bonds. The molecule has 0 rings (SSSR count). The number of Topliss-reactive ketones (excluding diaryl/α,β-unsaturated/α-hetero) is 2. The molecular weight excluding hydrogens is 252 g/mol. The van der Waals surface area contributed by atoms with Crippen LogP contribution in [0.15, 0.2) is 0 Å². The Labute approximate surface area is 112 Å². The number of carbonyl (C=O) groups excluding carboxylic acids is 4. The first-order valence-corrected chi connectivity index (χ1v) is 6.16. The van der Waals surface area contributed by atoms with Crippen molar-refractivity contribution in [2.75, 3.05) is 14.2 Å². The summed E-state index contributed by atoms with van der Waals surface area (Å²) in [5, 5.41) is 0. The van der Waals surface area contributed by atoms with Crippen molar-refractivity contribution in [3.05, 3.63) is 0 Å². The van der Waals surface area contributed by atoms with E-state index in [1.165, 1.54) is 14.2 Å². The minimum atomic E-state index is -0.529. The van der Waals surface area contributed by atoms with E-state index in [1.54, 1.807) is 0 Å². The minimum absolute atomic E-state index is 0.160. The van der Waals surface area contributed by atoms with Gasteiger partial charge >= 0.3 is 11.9 Å². The van der Waals surface area contributed by atoms with Crippen molar-refractivity contribution < 1.29 is 28.7 Å². The van der Waals surface area contributed by atoms with E-state index < -0.39 is 11.9 Å².